The van der Waals surface area contributed by atoms with E-state index in [0.717, 1.165) is 19.4 Å². The molecule has 1 aromatic rings. The largest absolute Gasteiger partial charge is 0.397 e. The quantitative estimate of drug-likeness (QED) is 0.775. The first-order valence-corrected chi connectivity index (χ1v) is 5.52. The SMILES string of the molecule is CC1(CNc2cc(F)ccc2N)CCCO1. The summed E-state index contributed by atoms with van der Waals surface area (Å²) in [5.74, 6) is -0.283. The topological polar surface area (TPSA) is 47.3 Å². The number of nitrogens with one attached hydrogen (secondary N) is 1. The van der Waals surface area contributed by atoms with Gasteiger partial charge in [0, 0.05) is 13.2 Å². The second kappa shape index (κ2) is 4.29. The van der Waals surface area contributed by atoms with Gasteiger partial charge in [0.15, 0.2) is 0 Å². The first-order chi connectivity index (χ1) is 7.59. The zero-order valence-corrected chi connectivity index (χ0v) is 9.42. The van der Waals surface area contributed by atoms with Crippen LogP contribution in [-0.2, 0) is 4.74 Å². The highest BCUT2D eigenvalue weighted by atomic mass is 19.1. The lowest BCUT2D eigenvalue weighted by atomic mass is 10.0. The molecule has 4 heteroatoms. The van der Waals surface area contributed by atoms with Crippen LogP contribution in [0.3, 0.4) is 0 Å². The number of benzene rings is 1. The van der Waals surface area contributed by atoms with Crippen molar-refractivity contribution in [2.45, 2.75) is 25.4 Å². The summed E-state index contributed by atoms with van der Waals surface area (Å²) in [6.07, 6.45) is 2.10. The number of rotatable bonds is 3. The fourth-order valence-corrected chi connectivity index (χ4v) is 1.94. The molecule has 1 aliphatic heterocycles. The Labute approximate surface area is 94.8 Å². The molecule has 0 bridgehead atoms. The van der Waals surface area contributed by atoms with E-state index in [9.17, 15) is 4.39 Å². The molecule has 1 unspecified atom stereocenters. The van der Waals surface area contributed by atoms with Crippen LogP contribution in [0.15, 0.2) is 18.2 Å². The van der Waals surface area contributed by atoms with Crippen LogP contribution in [0.2, 0.25) is 0 Å². The Hall–Kier alpha value is -1.29. The van der Waals surface area contributed by atoms with Crippen LogP contribution < -0.4 is 11.1 Å². The zero-order valence-electron chi connectivity index (χ0n) is 9.42. The molecule has 1 aliphatic rings. The number of anilines is 2. The van der Waals surface area contributed by atoms with Gasteiger partial charge in [-0.15, -0.1) is 0 Å². The minimum absolute atomic E-state index is 0.154. The van der Waals surface area contributed by atoms with Crippen LogP contribution in [0.25, 0.3) is 0 Å². The van der Waals surface area contributed by atoms with Gasteiger partial charge < -0.3 is 15.8 Å². The fraction of sp³-hybridized carbons (Fsp3) is 0.500. The van der Waals surface area contributed by atoms with Crippen LogP contribution >= 0.6 is 0 Å². The predicted octanol–water partition coefficient (Wildman–Crippen LogP) is 2.39. The molecule has 3 N–H and O–H groups in total. The number of nitrogens with two attached hydrogens (primary N) is 1. The maximum absolute atomic E-state index is 13.0. The van der Waals surface area contributed by atoms with Crippen LogP contribution in [-0.4, -0.2) is 18.8 Å². The van der Waals surface area contributed by atoms with Crippen LogP contribution in [0.4, 0.5) is 15.8 Å². The predicted molar refractivity (Wildman–Crippen MR) is 62.9 cm³/mol. The third-order valence-electron chi connectivity index (χ3n) is 2.97. The van der Waals surface area contributed by atoms with Gasteiger partial charge in [-0.05, 0) is 38.0 Å². The van der Waals surface area contributed by atoms with Gasteiger partial charge >= 0.3 is 0 Å². The number of nitrogen functional groups attached to an aromatic ring is 1. The van der Waals surface area contributed by atoms with Crippen LogP contribution in [0.1, 0.15) is 19.8 Å². The van der Waals surface area contributed by atoms with E-state index < -0.39 is 0 Å². The summed E-state index contributed by atoms with van der Waals surface area (Å²) in [6, 6.07) is 4.33. The molecule has 0 amide bonds. The van der Waals surface area contributed by atoms with Gasteiger partial charge in [-0.3, -0.25) is 0 Å². The van der Waals surface area contributed by atoms with Crippen molar-refractivity contribution in [2.24, 2.45) is 0 Å². The van der Waals surface area contributed by atoms with Crippen molar-refractivity contribution < 1.29 is 9.13 Å². The number of hydrogen-bond acceptors (Lipinski definition) is 3. The molecule has 0 saturated carbocycles. The highest BCUT2D eigenvalue weighted by Gasteiger charge is 2.29. The number of ether oxygens (including phenoxy) is 1. The van der Waals surface area contributed by atoms with Gasteiger partial charge in [-0.2, -0.15) is 0 Å². The zero-order chi connectivity index (χ0) is 11.6. The second-order valence-electron chi connectivity index (χ2n) is 4.49. The van der Waals surface area contributed by atoms with Gasteiger partial charge in [0.2, 0.25) is 0 Å². The lowest BCUT2D eigenvalue weighted by Gasteiger charge is -2.24. The van der Waals surface area contributed by atoms with Crippen molar-refractivity contribution in [3.8, 4) is 0 Å². The van der Waals surface area contributed by atoms with E-state index in [1.54, 1.807) is 6.07 Å². The van der Waals surface area contributed by atoms with E-state index in [1.165, 1.54) is 12.1 Å². The average molecular weight is 224 g/mol. The molecule has 16 heavy (non-hydrogen) atoms. The molecule has 0 aliphatic carbocycles. The molecule has 0 spiro atoms. The molecule has 0 radical (unpaired) electrons. The summed E-state index contributed by atoms with van der Waals surface area (Å²) in [7, 11) is 0. The summed E-state index contributed by atoms with van der Waals surface area (Å²) in [6.45, 7) is 3.51. The van der Waals surface area contributed by atoms with E-state index in [-0.39, 0.29) is 11.4 Å². The third kappa shape index (κ3) is 2.44. The standard InChI is InChI=1S/C12H17FN2O/c1-12(5-2-6-16-12)8-15-11-7-9(13)3-4-10(11)14/h3-4,7,15H,2,5-6,8,14H2,1H3. The summed E-state index contributed by atoms with van der Waals surface area (Å²) >= 11 is 0. The van der Waals surface area contributed by atoms with E-state index in [1.807, 2.05) is 0 Å². The first kappa shape index (κ1) is 11.2. The summed E-state index contributed by atoms with van der Waals surface area (Å²) < 4.78 is 18.7. The highest BCUT2D eigenvalue weighted by Crippen LogP contribution is 2.27. The van der Waals surface area contributed by atoms with Crippen molar-refractivity contribution in [3.63, 3.8) is 0 Å². The molecule has 1 saturated heterocycles. The maximum Gasteiger partial charge on any atom is 0.125 e. The van der Waals surface area contributed by atoms with Crippen LogP contribution in [0, 0.1) is 5.82 Å². The van der Waals surface area contributed by atoms with Crippen molar-refractivity contribution in [1.82, 2.24) is 0 Å². The minimum atomic E-state index is -0.283. The van der Waals surface area contributed by atoms with E-state index >= 15 is 0 Å². The summed E-state index contributed by atoms with van der Waals surface area (Å²) in [5, 5.41) is 3.15. The van der Waals surface area contributed by atoms with Gasteiger partial charge in [0.25, 0.3) is 0 Å². The Morgan fingerprint density at radius 1 is 1.56 bits per heavy atom. The van der Waals surface area contributed by atoms with Crippen molar-refractivity contribution in [1.29, 1.82) is 0 Å². The Morgan fingerprint density at radius 3 is 3.06 bits per heavy atom. The molecule has 3 nitrogen and oxygen atoms in total. The molecular formula is C12H17FN2O. The van der Waals surface area contributed by atoms with E-state index in [2.05, 4.69) is 12.2 Å². The van der Waals surface area contributed by atoms with Crippen molar-refractivity contribution in [3.05, 3.63) is 24.0 Å². The maximum atomic E-state index is 13.0. The first-order valence-electron chi connectivity index (χ1n) is 5.52. The molecule has 1 fully saturated rings. The monoisotopic (exact) mass is 224 g/mol. The molecule has 1 atom stereocenters. The van der Waals surface area contributed by atoms with E-state index in [4.69, 9.17) is 10.5 Å². The third-order valence-corrected chi connectivity index (χ3v) is 2.97. The normalized spacial score (nSPS) is 24.6. The molecule has 1 aromatic carbocycles. The Kier molecular flexibility index (Phi) is 3.01. The molecule has 2 rings (SSSR count). The van der Waals surface area contributed by atoms with Gasteiger partial charge in [-0.25, -0.2) is 4.39 Å². The van der Waals surface area contributed by atoms with E-state index in [0.29, 0.717) is 17.9 Å². The van der Waals surface area contributed by atoms with Gasteiger partial charge in [0.1, 0.15) is 5.82 Å². The number of halogens is 1. The molecular weight excluding hydrogens is 207 g/mol. The Balaban J connectivity index is 2.01. The molecule has 1 heterocycles. The lowest BCUT2D eigenvalue weighted by Crippen LogP contribution is -2.32. The van der Waals surface area contributed by atoms with Gasteiger partial charge in [0.05, 0.1) is 17.0 Å². The summed E-state index contributed by atoms with van der Waals surface area (Å²) in [4.78, 5) is 0. The summed E-state index contributed by atoms with van der Waals surface area (Å²) in [5.41, 5.74) is 6.79. The molecule has 0 aromatic heterocycles. The Bertz CT molecular complexity index is 375. The van der Waals surface area contributed by atoms with Crippen LogP contribution in [0.5, 0.6) is 0 Å². The highest BCUT2D eigenvalue weighted by molar-refractivity contribution is 5.65. The lowest BCUT2D eigenvalue weighted by molar-refractivity contribution is 0.0315. The van der Waals surface area contributed by atoms with Crippen molar-refractivity contribution >= 4 is 11.4 Å². The minimum Gasteiger partial charge on any atom is -0.397 e. The molecule has 88 valence electrons. The number of hydrogen-bond donors (Lipinski definition) is 2. The second-order valence-corrected chi connectivity index (χ2v) is 4.49. The fourth-order valence-electron chi connectivity index (χ4n) is 1.94. The Morgan fingerprint density at radius 2 is 2.38 bits per heavy atom. The van der Waals surface area contributed by atoms with Crippen molar-refractivity contribution in [2.75, 3.05) is 24.2 Å². The van der Waals surface area contributed by atoms with Gasteiger partial charge in [-0.1, -0.05) is 0 Å². The average Bonchev–Trinajstić information content (AvgIpc) is 2.67. The smallest absolute Gasteiger partial charge is 0.125 e.